The van der Waals surface area contributed by atoms with Crippen molar-refractivity contribution >= 4 is 5.91 Å². The van der Waals surface area contributed by atoms with Gasteiger partial charge in [0.05, 0.1) is 0 Å². The van der Waals surface area contributed by atoms with E-state index in [1.165, 1.54) is 12.8 Å². The summed E-state index contributed by atoms with van der Waals surface area (Å²) in [4.78, 5) is 13.7. The molecular formula is C12H22N2O. The van der Waals surface area contributed by atoms with E-state index in [0.29, 0.717) is 6.42 Å². The van der Waals surface area contributed by atoms with Crippen molar-refractivity contribution in [3.05, 3.63) is 0 Å². The molecule has 0 heterocycles. The SMILES string of the molecule is CC1CC1CN(C)C(=O)CC1(N)CCC1. The molecule has 2 N–H and O–H groups in total. The number of hydrogen-bond donors (Lipinski definition) is 1. The molecule has 0 radical (unpaired) electrons. The molecule has 0 saturated heterocycles. The van der Waals surface area contributed by atoms with Crippen molar-refractivity contribution in [2.45, 2.75) is 44.6 Å². The zero-order valence-corrected chi connectivity index (χ0v) is 9.83. The van der Waals surface area contributed by atoms with E-state index in [0.717, 1.165) is 31.2 Å². The predicted molar refractivity (Wildman–Crippen MR) is 60.3 cm³/mol. The quantitative estimate of drug-likeness (QED) is 0.762. The second-order valence-corrected chi connectivity index (χ2v) is 5.64. The molecule has 2 saturated carbocycles. The maximum absolute atomic E-state index is 11.9. The summed E-state index contributed by atoms with van der Waals surface area (Å²) in [6, 6.07) is 0. The molecule has 3 nitrogen and oxygen atoms in total. The Labute approximate surface area is 92.0 Å². The maximum atomic E-state index is 11.9. The number of rotatable bonds is 4. The van der Waals surface area contributed by atoms with E-state index in [9.17, 15) is 4.79 Å². The Morgan fingerprint density at radius 3 is 2.53 bits per heavy atom. The summed E-state index contributed by atoms with van der Waals surface area (Å²) in [6.07, 6.45) is 5.06. The molecule has 2 aliphatic rings. The number of nitrogens with two attached hydrogens (primary N) is 1. The van der Waals surface area contributed by atoms with E-state index < -0.39 is 0 Å². The molecular weight excluding hydrogens is 188 g/mol. The zero-order chi connectivity index (χ0) is 11.1. The maximum Gasteiger partial charge on any atom is 0.224 e. The normalized spacial score (nSPS) is 31.9. The minimum Gasteiger partial charge on any atom is -0.345 e. The Balaban J connectivity index is 1.74. The molecule has 86 valence electrons. The van der Waals surface area contributed by atoms with Gasteiger partial charge in [-0.2, -0.15) is 0 Å². The van der Waals surface area contributed by atoms with Gasteiger partial charge < -0.3 is 10.6 Å². The lowest BCUT2D eigenvalue weighted by molar-refractivity contribution is -0.132. The van der Waals surface area contributed by atoms with Crippen LogP contribution in [0, 0.1) is 11.8 Å². The van der Waals surface area contributed by atoms with Crippen LogP contribution in [0.4, 0.5) is 0 Å². The van der Waals surface area contributed by atoms with Crippen LogP contribution >= 0.6 is 0 Å². The van der Waals surface area contributed by atoms with Crippen LogP contribution in [-0.4, -0.2) is 29.9 Å². The van der Waals surface area contributed by atoms with Crippen LogP contribution < -0.4 is 5.73 Å². The lowest BCUT2D eigenvalue weighted by atomic mass is 9.75. The van der Waals surface area contributed by atoms with Crippen molar-refractivity contribution in [3.63, 3.8) is 0 Å². The Hall–Kier alpha value is -0.570. The summed E-state index contributed by atoms with van der Waals surface area (Å²) in [7, 11) is 1.91. The molecule has 2 unspecified atom stereocenters. The van der Waals surface area contributed by atoms with Crippen molar-refractivity contribution in [2.24, 2.45) is 17.6 Å². The third-order valence-electron chi connectivity index (χ3n) is 4.06. The van der Waals surface area contributed by atoms with Crippen molar-refractivity contribution in [1.82, 2.24) is 4.90 Å². The fraction of sp³-hybridized carbons (Fsp3) is 0.917. The highest BCUT2D eigenvalue weighted by Crippen LogP contribution is 2.38. The highest BCUT2D eigenvalue weighted by molar-refractivity contribution is 5.77. The fourth-order valence-corrected chi connectivity index (χ4v) is 2.35. The van der Waals surface area contributed by atoms with Crippen molar-refractivity contribution < 1.29 is 4.79 Å². The lowest BCUT2D eigenvalue weighted by Gasteiger charge is -2.38. The van der Waals surface area contributed by atoms with Gasteiger partial charge in [0.2, 0.25) is 5.91 Å². The molecule has 0 spiro atoms. The smallest absolute Gasteiger partial charge is 0.224 e. The van der Waals surface area contributed by atoms with Gasteiger partial charge in [-0.3, -0.25) is 4.79 Å². The lowest BCUT2D eigenvalue weighted by Crippen LogP contribution is -2.50. The van der Waals surface area contributed by atoms with E-state index in [-0.39, 0.29) is 11.4 Å². The minimum atomic E-state index is -0.166. The molecule has 0 aromatic rings. The van der Waals surface area contributed by atoms with Gasteiger partial charge in [-0.15, -0.1) is 0 Å². The Kier molecular flexibility index (Phi) is 2.75. The fourth-order valence-electron chi connectivity index (χ4n) is 2.35. The van der Waals surface area contributed by atoms with Gasteiger partial charge in [-0.1, -0.05) is 6.92 Å². The van der Waals surface area contributed by atoms with Gasteiger partial charge in [0, 0.05) is 25.6 Å². The van der Waals surface area contributed by atoms with E-state index >= 15 is 0 Å². The summed E-state index contributed by atoms with van der Waals surface area (Å²) in [5.41, 5.74) is 5.90. The number of hydrogen-bond acceptors (Lipinski definition) is 2. The van der Waals surface area contributed by atoms with E-state index in [1.54, 1.807) is 0 Å². The number of carbonyl (C=O) groups is 1. The first-order chi connectivity index (χ1) is 7.00. The summed E-state index contributed by atoms with van der Waals surface area (Å²) in [6.45, 7) is 3.18. The zero-order valence-electron chi connectivity index (χ0n) is 9.83. The van der Waals surface area contributed by atoms with Gasteiger partial charge in [-0.05, 0) is 37.5 Å². The van der Waals surface area contributed by atoms with Crippen molar-refractivity contribution in [2.75, 3.05) is 13.6 Å². The van der Waals surface area contributed by atoms with Crippen LogP contribution in [0.1, 0.15) is 39.0 Å². The number of carbonyl (C=O) groups excluding carboxylic acids is 1. The van der Waals surface area contributed by atoms with Crippen molar-refractivity contribution in [3.8, 4) is 0 Å². The average molecular weight is 210 g/mol. The van der Waals surface area contributed by atoms with Crippen LogP contribution in [0.2, 0.25) is 0 Å². The summed E-state index contributed by atoms with van der Waals surface area (Å²) in [5, 5.41) is 0. The molecule has 1 amide bonds. The first kappa shape index (κ1) is 10.9. The highest BCUT2D eigenvalue weighted by atomic mass is 16.2. The Bertz CT molecular complexity index is 260. The van der Waals surface area contributed by atoms with Gasteiger partial charge >= 0.3 is 0 Å². The Morgan fingerprint density at radius 1 is 1.53 bits per heavy atom. The van der Waals surface area contributed by atoms with Gasteiger partial charge in [0.25, 0.3) is 0 Å². The van der Waals surface area contributed by atoms with Crippen LogP contribution in [0.25, 0.3) is 0 Å². The van der Waals surface area contributed by atoms with Crippen LogP contribution in [-0.2, 0) is 4.79 Å². The third-order valence-corrected chi connectivity index (χ3v) is 4.06. The van der Waals surface area contributed by atoms with Crippen LogP contribution in [0.15, 0.2) is 0 Å². The molecule has 15 heavy (non-hydrogen) atoms. The topological polar surface area (TPSA) is 46.3 Å². The van der Waals surface area contributed by atoms with Gasteiger partial charge in [0.1, 0.15) is 0 Å². The Morgan fingerprint density at radius 2 is 2.13 bits per heavy atom. The van der Waals surface area contributed by atoms with Crippen LogP contribution in [0.5, 0.6) is 0 Å². The molecule has 3 heteroatoms. The van der Waals surface area contributed by atoms with Crippen molar-refractivity contribution in [1.29, 1.82) is 0 Å². The largest absolute Gasteiger partial charge is 0.345 e. The number of amides is 1. The second kappa shape index (κ2) is 3.78. The average Bonchev–Trinajstić information content (AvgIpc) is 2.79. The molecule has 0 bridgehead atoms. The summed E-state index contributed by atoms with van der Waals surface area (Å²) >= 11 is 0. The minimum absolute atomic E-state index is 0.166. The summed E-state index contributed by atoms with van der Waals surface area (Å²) < 4.78 is 0. The molecule has 2 fully saturated rings. The third kappa shape index (κ3) is 2.51. The summed E-state index contributed by atoms with van der Waals surface area (Å²) in [5.74, 6) is 1.79. The second-order valence-electron chi connectivity index (χ2n) is 5.64. The first-order valence-corrected chi connectivity index (χ1v) is 6.03. The monoisotopic (exact) mass is 210 g/mol. The van der Waals surface area contributed by atoms with E-state index in [1.807, 2.05) is 11.9 Å². The molecule has 0 aliphatic heterocycles. The number of nitrogens with zero attached hydrogens (tertiary/aromatic N) is 1. The van der Waals surface area contributed by atoms with Gasteiger partial charge in [0.15, 0.2) is 0 Å². The molecule has 2 atom stereocenters. The van der Waals surface area contributed by atoms with Crippen LogP contribution in [0.3, 0.4) is 0 Å². The van der Waals surface area contributed by atoms with E-state index in [2.05, 4.69) is 6.92 Å². The molecule has 2 rings (SSSR count). The standard InChI is InChI=1S/C12H22N2O/c1-9-6-10(9)8-14(2)11(15)7-12(13)4-3-5-12/h9-10H,3-8,13H2,1-2H3. The highest BCUT2D eigenvalue weighted by Gasteiger charge is 2.38. The molecule has 2 aliphatic carbocycles. The predicted octanol–water partition coefficient (Wildman–Crippen LogP) is 1.37. The molecule has 0 aromatic carbocycles. The van der Waals surface area contributed by atoms with E-state index in [4.69, 9.17) is 5.73 Å². The molecule has 0 aromatic heterocycles. The van der Waals surface area contributed by atoms with Gasteiger partial charge in [-0.25, -0.2) is 0 Å². The first-order valence-electron chi connectivity index (χ1n) is 6.03.